The number of sulfonamides is 2. The highest BCUT2D eigenvalue weighted by Gasteiger charge is 2.09. The molecule has 166 valence electrons. The van der Waals surface area contributed by atoms with Gasteiger partial charge < -0.3 is 11.5 Å². The first kappa shape index (κ1) is 23.0. The van der Waals surface area contributed by atoms with Gasteiger partial charge in [0.25, 0.3) is 0 Å². The van der Waals surface area contributed by atoms with Gasteiger partial charge >= 0.3 is 0 Å². The minimum Gasteiger partial charge on any atom is -0.397 e. The number of rotatable bonds is 6. The molecular formula is C18H18N8O4S2. The lowest BCUT2D eigenvalue weighted by molar-refractivity contribution is 0.596. The Morgan fingerprint density at radius 3 is 1.19 bits per heavy atom. The number of anilines is 2. The van der Waals surface area contributed by atoms with E-state index in [4.69, 9.17) is 21.7 Å². The van der Waals surface area contributed by atoms with E-state index in [9.17, 15) is 16.8 Å². The summed E-state index contributed by atoms with van der Waals surface area (Å²) in [6.45, 7) is 0. The Labute approximate surface area is 183 Å². The lowest BCUT2D eigenvalue weighted by Crippen LogP contribution is -2.11. The van der Waals surface area contributed by atoms with Gasteiger partial charge in [-0.2, -0.15) is 10.2 Å². The quantitative estimate of drug-likeness (QED) is 0.310. The molecule has 0 bridgehead atoms. The molecule has 0 saturated carbocycles. The third kappa shape index (κ3) is 5.70. The molecule has 3 aromatic carbocycles. The van der Waals surface area contributed by atoms with E-state index >= 15 is 0 Å². The fourth-order valence-corrected chi connectivity index (χ4v) is 3.44. The van der Waals surface area contributed by atoms with Crippen LogP contribution >= 0.6 is 0 Å². The normalized spacial score (nSPS) is 12.6. The summed E-state index contributed by atoms with van der Waals surface area (Å²) in [4.78, 5) is -0.105. The van der Waals surface area contributed by atoms with Gasteiger partial charge in [0.15, 0.2) is 0 Å². The van der Waals surface area contributed by atoms with Gasteiger partial charge in [0.1, 0.15) is 11.4 Å². The van der Waals surface area contributed by atoms with Crippen molar-refractivity contribution >= 4 is 54.2 Å². The van der Waals surface area contributed by atoms with Gasteiger partial charge in [-0.25, -0.2) is 27.1 Å². The maximum atomic E-state index is 11.3. The monoisotopic (exact) mass is 474 g/mol. The average molecular weight is 475 g/mol. The number of azo groups is 2. The Balaban J connectivity index is 1.84. The maximum Gasteiger partial charge on any atom is 0.238 e. The van der Waals surface area contributed by atoms with Crippen molar-refractivity contribution < 1.29 is 16.8 Å². The van der Waals surface area contributed by atoms with E-state index in [-0.39, 0.29) is 32.5 Å². The Bertz CT molecular complexity index is 1310. The zero-order chi connectivity index (χ0) is 23.5. The van der Waals surface area contributed by atoms with Crippen LogP contribution in [0.4, 0.5) is 34.1 Å². The molecule has 32 heavy (non-hydrogen) atoms. The molecule has 0 aromatic heterocycles. The van der Waals surface area contributed by atoms with Crippen molar-refractivity contribution in [2.45, 2.75) is 9.79 Å². The average Bonchev–Trinajstić information content (AvgIpc) is 2.72. The van der Waals surface area contributed by atoms with Gasteiger partial charge in [-0.15, -0.1) is 10.2 Å². The fourth-order valence-electron chi connectivity index (χ4n) is 2.41. The minimum absolute atomic E-state index is 0.0526. The summed E-state index contributed by atoms with van der Waals surface area (Å²) in [6, 6.07) is 13.9. The molecule has 3 aromatic rings. The van der Waals surface area contributed by atoms with Crippen LogP contribution in [0.5, 0.6) is 0 Å². The molecule has 12 nitrogen and oxygen atoms in total. The second-order valence-electron chi connectivity index (χ2n) is 6.45. The standard InChI is InChI=1S/C18H18N8O4S2/c19-15-9-16(20)18(26-24-12-3-7-14(8-4-12)32(22,29)30)10-17(15)25-23-11-1-5-13(6-2-11)31(21,27)28/h1-10H,19-20H2,(H2,21,27,28)(H2,22,29,30). The van der Waals surface area contributed by atoms with Crippen LogP contribution in [0.3, 0.4) is 0 Å². The van der Waals surface area contributed by atoms with E-state index in [0.717, 1.165) is 0 Å². The van der Waals surface area contributed by atoms with Gasteiger partial charge in [0, 0.05) is 0 Å². The molecule has 14 heteroatoms. The molecule has 0 spiro atoms. The first-order chi connectivity index (χ1) is 14.9. The largest absolute Gasteiger partial charge is 0.397 e. The number of nitrogens with two attached hydrogens (primary N) is 4. The smallest absolute Gasteiger partial charge is 0.238 e. The van der Waals surface area contributed by atoms with Crippen LogP contribution in [0.15, 0.2) is 90.9 Å². The zero-order valence-electron chi connectivity index (χ0n) is 16.3. The van der Waals surface area contributed by atoms with E-state index in [1.807, 2.05) is 0 Å². The van der Waals surface area contributed by atoms with Gasteiger partial charge in [-0.05, 0) is 60.7 Å². The third-order valence-corrected chi connectivity index (χ3v) is 5.91. The van der Waals surface area contributed by atoms with Gasteiger partial charge in [-0.3, -0.25) is 0 Å². The van der Waals surface area contributed by atoms with Crippen molar-refractivity contribution in [3.05, 3.63) is 60.7 Å². The minimum atomic E-state index is -3.81. The van der Waals surface area contributed by atoms with Crippen molar-refractivity contribution in [1.29, 1.82) is 0 Å². The summed E-state index contributed by atoms with van der Waals surface area (Å²) in [7, 11) is -7.62. The Hall–Kier alpha value is -3.72. The number of nitrogen functional groups attached to an aromatic ring is 2. The Kier molecular flexibility index (Phi) is 6.31. The molecule has 0 radical (unpaired) electrons. The van der Waals surface area contributed by atoms with Crippen LogP contribution in [0.1, 0.15) is 0 Å². The summed E-state index contributed by atoms with van der Waals surface area (Å²) >= 11 is 0. The van der Waals surface area contributed by atoms with Crippen LogP contribution in [-0.4, -0.2) is 16.8 Å². The summed E-state index contributed by atoms with van der Waals surface area (Å²) in [5.74, 6) is 0. The van der Waals surface area contributed by atoms with Gasteiger partial charge in [0.05, 0.1) is 32.5 Å². The van der Waals surface area contributed by atoms with Crippen LogP contribution in [0, 0.1) is 0 Å². The molecule has 0 aliphatic rings. The van der Waals surface area contributed by atoms with Crippen molar-refractivity contribution in [3.8, 4) is 0 Å². The topological polar surface area (TPSA) is 222 Å². The number of hydrogen-bond acceptors (Lipinski definition) is 10. The maximum absolute atomic E-state index is 11.3. The van der Waals surface area contributed by atoms with Gasteiger partial charge in [0.2, 0.25) is 20.0 Å². The first-order valence-corrected chi connectivity index (χ1v) is 11.8. The Morgan fingerprint density at radius 2 is 0.875 bits per heavy atom. The molecule has 8 N–H and O–H groups in total. The second-order valence-corrected chi connectivity index (χ2v) is 9.57. The predicted molar refractivity (Wildman–Crippen MR) is 119 cm³/mol. The fraction of sp³-hybridized carbons (Fsp3) is 0. The highest BCUT2D eigenvalue weighted by Crippen LogP contribution is 2.35. The molecule has 0 atom stereocenters. The van der Waals surface area contributed by atoms with Crippen molar-refractivity contribution in [2.24, 2.45) is 30.7 Å². The highest BCUT2D eigenvalue weighted by atomic mass is 32.2. The molecular weight excluding hydrogens is 456 g/mol. The van der Waals surface area contributed by atoms with Crippen molar-refractivity contribution in [1.82, 2.24) is 0 Å². The van der Waals surface area contributed by atoms with E-state index in [1.165, 1.54) is 60.7 Å². The Morgan fingerprint density at radius 1 is 0.531 bits per heavy atom. The third-order valence-electron chi connectivity index (χ3n) is 4.05. The molecule has 0 heterocycles. The van der Waals surface area contributed by atoms with E-state index in [0.29, 0.717) is 11.4 Å². The number of nitrogens with zero attached hydrogens (tertiary/aromatic N) is 4. The zero-order valence-corrected chi connectivity index (χ0v) is 18.0. The van der Waals surface area contributed by atoms with E-state index < -0.39 is 20.0 Å². The summed E-state index contributed by atoms with van der Waals surface area (Å²) < 4.78 is 45.2. The molecule has 0 saturated heterocycles. The summed E-state index contributed by atoms with van der Waals surface area (Å²) in [6.07, 6.45) is 0. The van der Waals surface area contributed by atoms with E-state index in [2.05, 4.69) is 20.5 Å². The lowest BCUT2D eigenvalue weighted by atomic mass is 10.2. The van der Waals surface area contributed by atoms with Gasteiger partial charge in [-0.1, -0.05) is 0 Å². The van der Waals surface area contributed by atoms with E-state index in [1.54, 1.807) is 0 Å². The molecule has 0 aliphatic heterocycles. The number of primary sulfonamides is 2. The highest BCUT2D eigenvalue weighted by molar-refractivity contribution is 7.89. The molecule has 0 amide bonds. The molecule has 0 aliphatic carbocycles. The second kappa shape index (κ2) is 8.80. The molecule has 0 unspecified atom stereocenters. The SMILES string of the molecule is Nc1cc(N)c(N=Nc2ccc(S(N)(=O)=O)cc2)cc1N=Nc1ccc(S(N)(=O)=O)cc1. The van der Waals surface area contributed by atoms with Crippen LogP contribution < -0.4 is 21.7 Å². The summed E-state index contributed by atoms with van der Waals surface area (Å²) in [5.41, 5.74) is 13.6. The van der Waals surface area contributed by atoms with Crippen LogP contribution in [0.25, 0.3) is 0 Å². The number of hydrogen-bond donors (Lipinski definition) is 4. The lowest BCUT2D eigenvalue weighted by Gasteiger charge is -2.04. The van der Waals surface area contributed by atoms with Crippen LogP contribution in [-0.2, 0) is 20.0 Å². The molecule has 3 rings (SSSR count). The summed E-state index contributed by atoms with van der Waals surface area (Å²) in [5, 5.41) is 26.2. The predicted octanol–water partition coefficient (Wildman–Crippen LogP) is 2.98. The molecule has 0 fully saturated rings. The van der Waals surface area contributed by atoms with Crippen molar-refractivity contribution in [2.75, 3.05) is 11.5 Å². The van der Waals surface area contributed by atoms with Crippen LogP contribution in [0.2, 0.25) is 0 Å². The first-order valence-electron chi connectivity index (χ1n) is 8.72. The van der Waals surface area contributed by atoms with Crippen molar-refractivity contribution in [3.63, 3.8) is 0 Å². The number of benzene rings is 3.